The Labute approximate surface area is 192 Å². The van der Waals surface area contributed by atoms with E-state index in [0.717, 1.165) is 11.6 Å². The van der Waals surface area contributed by atoms with Gasteiger partial charge in [0.1, 0.15) is 17.1 Å². The quantitative estimate of drug-likeness (QED) is 0.272. The summed E-state index contributed by atoms with van der Waals surface area (Å²) in [6.07, 6.45) is 1.55. The van der Waals surface area contributed by atoms with Crippen molar-refractivity contribution in [3.8, 4) is 11.5 Å². The van der Waals surface area contributed by atoms with Crippen LogP contribution >= 0.6 is 0 Å². The number of carbonyl (C=O) groups is 2. The highest BCUT2D eigenvalue weighted by molar-refractivity contribution is 5.98. The lowest BCUT2D eigenvalue weighted by atomic mass is 9.91. The van der Waals surface area contributed by atoms with Crippen molar-refractivity contribution in [2.24, 2.45) is 0 Å². The van der Waals surface area contributed by atoms with Crippen LogP contribution in [0.3, 0.4) is 0 Å². The number of fused-ring (bicyclic) bond motifs is 1. The zero-order chi connectivity index (χ0) is 24.6. The summed E-state index contributed by atoms with van der Waals surface area (Å²) in [4.78, 5) is 25.4. The molecule has 0 bridgehead atoms. The number of aliphatic hydroxyl groups is 3. The van der Waals surface area contributed by atoms with Crippen molar-refractivity contribution in [3.63, 3.8) is 0 Å². The number of phenols is 1. The fraction of sp³-hybridized carbons (Fsp3) is 0.583. The van der Waals surface area contributed by atoms with E-state index in [1.165, 1.54) is 12.1 Å². The van der Waals surface area contributed by atoms with Crippen molar-refractivity contribution >= 4 is 11.9 Å². The molecule has 182 valence electrons. The van der Waals surface area contributed by atoms with Crippen LogP contribution in [0.5, 0.6) is 11.5 Å². The Morgan fingerprint density at radius 1 is 1.33 bits per heavy atom. The molecule has 4 N–H and O–H groups in total. The van der Waals surface area contributed by atoms with Gasteiger partial charge in [0.25, 0.3) is 0 Å². The van der Waals surface area contributed by atoms with Gasteiger partial charge in [-0.05, 0) is 65.5 Å². The van der Waals surface area contributed by atoms with E-state index in [4.69, 9.17) is 14.2 Å². The van der Waals surface area contributed by atoms with Crippen LogP contribution in [-0.4, -0.2) is 61.6 Å². The Morgan fingerprint density at radius 2 is 2.03 bits per heavy atom. The minimum absolute atomic E-state index is 0.0310. The number of hydrogen-bond acceptors (Lipinski definition) is 9. The first-order valence-electron chi connectivity index (χ1n) is 11.0. The van der Waals surface area contributed by atoms with E-state index in [0.29, 0.717) is 25.7 Å². The van der Waals surface area contributed by atoms with E-state index in [1.807, 2.05) is 13.0 Å². The molecule has 9 heteroatoms. The third kappa shape index (κ3) is 5.38. The molecular weight excluding hydrogens is 432 g/mol. The smallest absolute Gasteiger partial charge is 0.385 e. The van der Waals surface area contributed by atoms with Crippen molar-refractivity contribution in [1.82, 2.24) is 0 Å². The molecule has 1 saturated heterocycles. The molecule has 4 atom stereocenters. The Balaban J connectivity index is 1.67. The molecule has 2 aliphatic rings. The highest BCUT2D eigenvalue weighted by Crippen LogP contribution is 2.45. The van der Waals surface area contributed by atoms with Crippen molar-refractivity contribution in [2.45, 2.75) is 89.0 Å². The summed E-state index contributed by atoms with van der Waals surface area (Å²) < 4.78 is 16.6. The van der Waals surface area contributed by atoms with E-state index in [9.17, 15) is 30.0 Å². The zero-order valence-corrected chi connectivity index (χ0v) is 19.3. The van der Waals surface area contributed by atoms with Crippen LogP contribution in [0.4, 0.5) is 0 Å². The van der Waals surface area contributed by atoms with Gasteiger partial charge in [-0.2, -0.15) is 0 Å². The first-order valence-corrected chi connectivity index (χ1v) is 11.0. The topological polar surface area (TPSA) is 143 Å². The van der Waals surface area contributed by atoms with Gasteiger partial charge >= 0.3 is 17.7 Å². The monoisotopic (exact) mass is 464 g/mol. The third-order valence-electron chi connectivity index (χ3n) is 6.28. The van der Waals surface area contributed by atoms with E-state index in [1.54, 1.807) is 20.8 Å². The van der Waals surface area contributed by atoms with Gasteiger partial charge in [0.2, 0.25) is 0 Å². The molecule has 2 aliphatic heterocycles. The fourth-order valence-corrected chi connectivity index (χ4v) is 3.97. The summed E-state index contributed by atoms with van der Waals surface area (Å²) in [6, 6.07) is 3.70. The molecule has 0 unspecified atom stereocenters. The number of allylic oxidation sites excluding steroid dienone is 2. The minimum Gasteiger partial charge on any atom is -0.508 e. The average Bonchev–Trinajstić information content (AvgIpc) is 2.90. The van der Waals surface area contributed by atoms with E-state index in [2.05, 4.69) is 0 Å². The number of carbonyl (C=O) groups excluding carboxylic acids is 2. The largest absolute Gasteiger partial charge is 0.508 e. The maximum atomic E-state index is 12.8. The van der Waals surface area contributed by atoms with Gasteiger partial charge in [0, 0.05) is 6.07 Å². The number of aromatic hydroxyl groups is 1. The summed E-state index contributed by atoms with van der Waals surface area (Å²) >= 11 is 0. The van der Waals surface area contributed by atoms with Gasteiger partial charge in [-0.25, -0.2) is 9.59 Å². The molecule has 3 rings (SSSR count). The second-order valence-electron chi connectivity index (χ2n) is 9.64. The predicted octanol–water partition coefficient (Wildman–Crippen LogP) is 2.34. The molecule has 0 saturated carbocycles. The lowest BCUT2D eigenvalue weighted by Gasteiger charge is -2.30. The Kier molecular flexibility index (Phi) is 6.91. The van der Waals surface area contributed by atoms with Crippen LogP contribution in [0.25, 0.3) is 0 Å². The van der Waals surface area contributed by atoms with Gasteiger partial charge in [-0.1, -0.05) is 11.6 Å². The molecule has 0 aliphatic carbocycles. The second kappa shape index (κ2) is 9.06. The number of aliphatic hydroxyl groups excluding tert-OH is 2. The molecule has 33 heavy (non-hydrogen) atoms. The summed E-state index contributed by atoms with van der Waals surface area (Å²) in [7, 11) is 0. The average molecular weight is 465 g/mol. The van der Waals surface area contributed by atoms with Crippen LogP contribution in [0.2, 0.25) is 0 Å². The van der Waals surface area contributed by atoms with E-state index in [-0.39, 0.29) is 23.5 Å². The van der Waals surface area contributed by atoms with Crippen molar-refractivity contribution in [1.29, 1.82) is 0 Å². The minimum atomic E-state index is -2.09. The standard InChI is InChI=1S/C24H32O9/c1-14(7-10-18(26)22(2,3)30)6-5-11-23(4)19(27)13-24(33-23)21(29)31-17-12-15(25)8-9-16(17)20(28)32-24/h6,8-9,12,18-19,25-27,30H,5,7,10-11,13H2,1-4H3/b14-6-/t18-,19-,23+,24+/m0/s1. The highest BCUT2D eigenvalue weighted by atomic mass is 16.8. The van der Waals surface area contributed by atoms with Crippen molar-refractivity contribution in [3.05, 3.63) is 35.4 Å². The maximum Gasteiger partial charge on any atom is 0.385 e. The van der Waals surface area contributed by atoms with Crippen LogP contribution < -0.4 is 4.74 Å². The SMILES string of the molecule is C/C(=C/CC[C@@]1(C)O[C@@]2(C[C@@H]1O)OC(=O)c1ccc(O)cc1OC2=O)CC[C@H](O)C(C)(C)O. The number of hydrogen-bond donors (Lipinski definition) is 4. The number of esters is 2. The molecule has 0 amide bonds. The number of rotatable bonds is 7. The molecule has 1 aromatic rings. The normalized spacial score (nSPS) is 28.8. The Hall–Kier alpha value is -2.46. The number of ether oxygens (including phenoxy) is 3. The molecule has 1 spiro atoms. The van der Waals surface area contributed by atoms with Gasteiger partial charge in [-0.3, -0.25) is 0 Å². The molecule has 1 fully saturated rings. The molecule has 0 radical (unpaired) electrons. The Morgan fingerprint density at radius 3 is 2.70 bits per heavy atom. The molecule has 0 aromatic heterocycles. The first-order chi connectivity index (χ1) is 15.3. The third-order valence-corrected chi connectivity index (χ3v) is 6.28. The van der Waals surface area contributed by atoms with Gasteiger partial charge in [0.05, 0.1) is 29.8 Å². The zero-order valence-electron chi connectivity index (χ0n) is 19.3. The summed E-state index contributed by atoms with van der Waals surface area (Å²) in [5.41, 5.74) is -1.38. The van der Waals surface area contributed by atoms with Crippen LogP contribution in [0.1, 0.15) is 70.2 Å². The van der Waals surface area contributed by atoms with Crippen LogP contribution in [-0.2, 0) is 14.3 Å². The van der Waals surface area contributed by atoms with Crippen LogP contribution in [0.15, 0.2) is 29.8 Å². The number of benzene rings is 1. The summed E-state index contributed by atoms with van der Waals surface area (Å²) in [5, 5.41) is 40.1. The van der Waals surface area contributed by atoms with E-state index >= 15 is 0 Å². The fourth-order valence-electron chi connectivity index (χ4n) is 3.97. The predicted molar refractivity (Wildman–Crippen MR) is 117 cm³/mol. The lowest BCUT2D eigenvalue weighted by molar-refractivity contribution is -0.230. The first kappa shape index (κ1) is 25.2. The molecule has 1 aromatic carbocycles. The molecule has 9 nitrogen and oxygen atoms in total. The van der Waals surface area contributed by atoms with Crippen molar-refractivity contribution < 1.29 is 44.2 Å². The van der Waals surface area contributed by atoms with Gasteiger partial charge in [0.15, 0.2) is 0 Å². The molecule has 2 heterocycles. The maximum absolute atomic E-state index is 12.8. The van der Waals surface area contributed by atoms with E-state index < -0.39 is 41.1 Å². The summed E-state index contributed by atoms with van der Waals surface area (Å²) in [6.45, 7) is 6.65. The number of phenolic OH excluding ortho intramolecular Hbond substituents is 1. The highest BCUT2D eigenvalue weighted by Gasteiger charge is 2.62. The lowest BCUT2D eigenvalue weighted by Crippen LogP contribution is -2.46. The van der Waals surface area contributed by atoms with Crippen molar-refractivity contribution in [2.75, 3.05) is 0 Å². The molecular formula is C24H32O9. The summed E-state index contributed by atoms with van der Waals surface area (Å²) in [5.74, 6) is -4.24. The second-order valence-corrected chi connectivity index (χ2v) is 9.64. The Bertz CT molecular complexity index is 948. The van der Waals surface area contributed by atoms with Gasteiger partial charge < -0.3 is 34.6 Å². The van der Waals surface area contributed by atoms with Crippen LogP contribution in [0, 0.1) is 0 Å². The van der Waals surface area contributed by atoms with Gasteiger partial charge in [-0.15, -0.1) is 0 Å².